The first kappa shape index (κ1) is 14.2. The topological polar surface area (TPSA) is 125 Å². The second-order valence-electron chi connectivity index (χ2n) is 4.32. The van der Waals surface area contributed by atoms with Gasteiger partial charge in [-0.1, -0.05) is 0 Å². The van der Waals surface area contributed by atoms with E-state index >= 15 is 0 Å². The van der Waals surface area contributed by atoms with E-state index in [-0.39, 0.29) is 5.88 Å². The van der Waals surface area contributed by atoms with Gasteiger partial charge >= 0.3 is 5.69 Å². The second kappa shape index (κ2) is 5.06. The molecule has 8 nitrogen and oxygen atoms in total. The van der Waals surface area contributed by atoms with Crippen LogP contribution in [0.5, 0.6) is 0 Å². The van der Waals surface area contributed by atoms with E-state index in [1.807, 2.05) is 4.98 Å². The van der Waals surface area contributed by atoms with Crippen molar-refractivity contribution < 1.29 is 20.1 Å². The lowest BCUT2D eigenvalue weighted by molar-refractivity contribution is -0.115. The first-order valence-electron chi connectivity index (χ1n) is 5.47. The van der Waals surface area contributed by atoms with E-state index in [4.69, 9.17) is 16.3 Å². The summed E-state index contributed by atoms with van der Waals surface area (Å²) < 4.78 is 6.25. The van der Waals surface area contributed by atoms with Gasteiger partial charge in [0.2, 0.25) is 0 Å². The maximum Gasteiger partial charge on any atom is 0.330 e. The Morgan fingerprint density at radius 3 is 2.63 bits per heavy atom. The molecule has 0 spiro atoms. The zero-order valence-corrected chi connectivity index (χ0v) is 10.4. The Kier molecular flexibility index (Phi) is 3.79. The average molecular weight is 293 g/mol. The number of alkyl halides is 1. The Labute approximate surface area is 111 Å². The number of nitrogens with zero attached hydrogens (tertiary/aromatic N) is 1. The zero-order valence-electron chi connectivity index (χ0n) is 9.69. The van der Waals surface area contributed by atoms with E-state index in [0.717, 1.165) is 16.8 Å². The minimum Gasteiger partial charge on any atom is -0.393 e. The van der Waals surface area contributed by atoms with Gasteiger partial charge in [-0.25, -0.2) is 4.79 Å². The number of rotatable bonds is 3. The summed E-state index contributed by atoms with van der Waals surface area (Å²) in [7, 11) is 0. The highest BCUT2D eigenvalue weighted by Crippen LogP contribution is 2.36. The first-order chi connectivity index (χ1) is 8.95. The third kappa shape index (κ3) is 2.21. The monoisotopic (exact) mass is 292 g/mol. The number of ether oxygens (including phenoxy) is 1. The molecular weight excluding hydrogens is 280 g/mol. The molecule has 9 heteroatoms. The molecule has 4 atom stereocenters. The maximum absolute atomic E-state index is 11.6. The molecule has 1 saturated heterocycles. The van der Waals surface area contributed by atoms with Gasteiger partial charge in [0.25, 0.3) is 5.56 Å². The number of H-pyrrole nitrogens is 1. The van der Waals surface area contributed by atoms with Gasteiger partial charge in [-0.2, -0.15) is 0 Å². The van der Waals surface area contributed by atoms with Gasteiger partial charge in [0, 0.05) is 12.3 Å². The highest BCUT2D eigenvalue weighted by atomic mass is 35.5. The van der Waals surface area contributed by atoms with Crippen molar-refractivity contribution in [2.24, 2.45) is 0 Å². The largest absolute Gasteiger partial charge is 0.393 e. The molecule has 0 unspecified atom stereocenters. The molecule has 0 saturated carbocycles. The maximum atomic E-state index is 11.6. The fraction of sp³-hybridized carbons (Fsp3) is 0.600. The molecule has 0 bridgehead atoms. The lowest BCUT2D eigenvalue weighted by Gasteiger charge is -2.27. The number of aromatic amines is 1. The Morgan fingerprint density at radius 2 is 2.16 bits per heavy atom. The van der Waals surface area contributed by atoms with Crippen molar-refractivity contribution in [3.63, 3.8) is 0 Å². The number of nitrogens with one attached hydrogen (secondary N) is 1. The summed E-state index contributed by atoms with van der Waals surface area (Å²) in [5.74, 6) is -0.268. The van der Waals surface area contributed by atoms with Crippen molar-refractivity contribution in [2.45, 2.75) is 24.0 Å². The Balaban J connectivity index is 2.42. The number of halogens is 1. The molecule has 0 radical (unpaired) electrons. The van der Waals surface area contributed by atoms with Crippen LogP contribution in [0.2, 0.25) is 0 Å². The van der Waals surface area contributed by atoms with Crippen LogP contribution in [0.25, 0.3) is 0 Å². The molecule has 1 aromatic heterocycles. The first-order valence-corrected chi connectivity index (χ1v) is 6.01. The van der Waals surface area contributed by atoms with Gasteiger partial charge in [0.15, 0.2) is 6.23 Å². The van der Waals surface area contributed by atoms with Gasteiger partial charge in [-0.05, 0) is 0 Å². The summed E-state index contributed by atoms with van der Waals surface area (Å²) in [6.07, 6.45) is -3.04. The Hall–Kier alpha value is -1.19. The van der Waals surface area contributed by atoms with Crippen molar-refractivity contribution in [1.29, 1.82) is 0 Å². The van der Waals surface area contributed by atoms with E-state index in [1.54, 1.807) is 0 Å². The van der Waals surface area contributed by atoms with Crippen molar-refractivity contribution in [3.05, 3.63) is 33.1 Å². The predicted molar refractivity (Wildman–Crippen MR) is 64.0 cm³/mol. The number of aromatic nitrogens is 2. The Morgan fingerprint density at radius 1 is 1.47 bits per heavy atom. The second-order valence-corrected chi connectivity index (χ2v) is 4.59. The third-order valence-corrected chi connectivity index (χ3v) is 3.58. The SMILES string of the molecule is O=c1ccn([C@@H]2O[C@@](CO)(CCl)[C@@H](O)[C@H]2O)c(=O)[nH]1. The van der Waals surface area contributed by atoms with Crippen LogP contribution < -0.4 is 11.2 Å². The predicted octanol–water partition coefficient (Wildman–Crippen LogP) is -2.24. The van der Waals surface area contributed by atoms with Crippen LogP contribution in [-0.2, 0) is 4.74 Å². The summed E-state index contributed by atoms with van der Waals surface area (Å²) in [5, 5.41) is 29.0. The van der Waals surface area contributed by atoms with Crippen LogP contribution in [0.15, 0.2) is 21.9 Å². The van der Waals surface area contributed by atoms with Crippen molar-refractivity contribution >= 4 is 11.6 Å². The van der Waals surface area contributed by atoms with E-state index < -0.39 is 41.9 Å². The lowest BCUT2D eigenvalue weighted by atomic mass is 9.98. The van der Waals surface area contributed by atoms with Crippen molar-refractivity contribution in [3.8, 4) is 0 Å². The summed E-state index contributed by atoms with van der Waals surface area (Å²) >= 11 is 5.64. The molecule has 0 amide bonds. The summed E-state index contributed by atoms with van der Waals surface area (Å²) in [5.41, 5.74) is -2.95. The quantitative estimate of drug-likeness (QED) is 0.467. The molecule has 2 heterocycles. The molecule has 106 valence electrons. The molecule has 1 fully saturated rings. The molecule has 2 rings (SSSR count). The summed E-state index contributed by atoms with van der Waals surface area (Å²) in [6.45, 7) is -0.622. The normalized spacial score (nSPS) is 34.6. The van der Waals surface area contributed by atoms with Gasteiger partial charge in [0.05, 0.1) is 12.5 Å². The number of aliphatic hydroxyl groups is 3. The lowest BCUT2D eigenvalue weighted by Crippen LogP contribution is -2.47. The molecule has 1 aliphatic heterocycles. The van der Waals surface area contributed by atoms with E-state index in [0.29, 0.717) is 0 Å². The zero-order chi connectivity index (χ0) is 14.2. The average Bonchev–Trinajstić information content (AvgIpc) is 2.64. The Bertz CT molecular complexity index is 566. The van der Waals surface area contributed by atoms with Crippen LogP contribution in [0, 0.1) is 0 Å². The van der Waals surface area contributed by atoms with Crippen molar-refractivity contribution in [1.82, 2.24) is 9.55 Å². The molecule has 4 N–H and O–H groups in total. The van der Waals surface area contributed by atoms with Crippen molar-refractivity contribution in [2.75, 3.05) is 12.5 Å². The molecule has 1 aromatic rings. The van der Waals surface area contributed by atoms with Crippen LogP contribution in [0.1, 0.15) is 6.23 Å². The fourth-order valence-electron chi connectivity index (χ4n) is 1.98. The number of aliphatic hydroxyl groups excluding tert-OH is 3. The fourth-order valence-corrected chi connectivity index (χ4v) is 2.29. The van der Waals surface area contributed by atoms with Crippen LogP contribution >= 0.6 is 11.6 Å². The van der Waals surface area contributed by atoms with Crippen LogP contribution in [0.4, 0.5) is 0 Å². The minimum atomic E-state index is -1.55. The molecule has 0 aromatic carbocycles. The minimum absolute atomic E-state index is 0.268. The van der Waals surface area contributed by atoms with Crippen LogP contribution in [-0.4, -0.2) is 55.2 Å². The van der Waals surface area contributed by atoms with Gasteiger partial charge in [0.1, 0.15) is 17.8 Å². The van der Waals surface area contributed by atoms with E-state index in [2.05, 4.69) is 0 Å². The van der Waals surface area contributed by atoms with Gasteiger partial charge in [-0.15, -0.1) is 11.6 Å². The third-order valence-electron chi connectivity index (χ3n) is 3.13. The molecule has 0 aliphatic carbocycles. The summed E-state index contributed by atoms with van der Waals surface area (Å²) in [4.78, 5) is 24.6. The highest BCUT2D eigenvalue weighted by molar-refractivity contribution is 6.18. The molecule has 1 aliphatic rings. The van der Waals surface area contributed by atoms with E-state index in [1.165, 1.54) is 0 Å². The summed E-state index contributed by atoms with van der Waals surface area (Å²) in [6, 6.07) is 1.07. The number of hydrogen-bond acceptors (Lipinski definition) is 6. The smallest absolute Gasteiger partial charge is 0.330 e. The van der Waals surface area contributed by atoms with E-state index in [9.17, 15) is 24.9 Å². The molecule has 19 heavy (non-hydrogen) atoms. The highest BCUT2D eigenvalue weighted by Gasteiger charge is 2.54. The standard InChI is InChI=1S/C10H13ClN2O6/c11-3-10(4-14)7(17)6(16)8(19-10)13-2-1-5(15)12-9(13)18/h1-2,6-8,14,16-17H,3-4H2,(H,12,15,18)/t6-,7+,8-,10-/m1/s1. The number of hydrogen-bond donors (Lipinski definition) is 4. The van der Waals surface area contributed by atoms with Gasteiger partial charge in [-0.3, -0.25) is 14.3 Å². The molecular formula is C10H13ClN2O6. The van der Waals surface area contributed by atoms with Gasteiger partial charge < -0.3 is 20.1 Å². The van der Waals surface area contributed by atoms with Crippen LogP contribution in [0.3, 0.4) is 0 Å².